The fourth-order valence-corrected chi connectivity index (χ4v) is 3.34. The summed E-state index contributed by atoms with van der Waals surface area (Å²) in [7, 11) is 2.05. The van der Waals surface area contributed by atoms with Crippen molar-refractivity contribution in [1.29, 1.82) is 0 Å². The van der Waals surface area contributed by atoms with E-state index < -0.39 is 0 Å². The minimum atomic E-state index is 0.350. The van der Waals surface area contributed by atoms with Gasteiger partial charge in [-0.05, 0) is 50.9 Å². The van der Waals surface area contributed by atoms with Crippen molar-refractivity contribution >= 4 is 0 Å². The van der Waals surface area contributed by atoms with Gasteiger partial charge >= 0.3 is 0 Å². The molecule has 3 rings (SSSR count). The van der Waals surface area contributed by atoms with Crippen LogP contribution in [0, 0.1) is 13.8 Å². The molecule has 0 spiro atoms. The Labute approximate surface area is 114 Å². The molecule has 1 aromatic heterocycles. The van der Waals surface area contributed by atoms with E-state index in [2.05, 4.69) is 59.3 Å². The van der Waals surface area contributed by atoms with Gasteiger partial charge < -0.3 is 5.32 Å². The van der Waals surface area contributed by atoms with Crippen molar-refractivity contribution in [3.05, 3.63) is 52.8 Å². The minimum absolute atomic E-state index is 0.350. The van der Waals surface area contributed by atoms with Crippen LogP contribution >= 0.6 is 0 Å². The molecular weight excluding hydrogens is 234 g/mol. The van der Waals surface area contributed by atoms with E-state index in [1.807, 2.05) is 7.05 Å². The molecule has 1 aliphatic carbocycles. The zero-order chi connectivity index (χ0) is 13.4. The number of likely N-dealkylation sites (N-methyl/N-ethyl adjacent to an activating group) is 1. The Bertz CT molecular complexity index is 585. The lowest BCUT2D eigenvalue weighted by Gasteiger charge is -2.34. The number of aromatic nitrogens is 2. The summed E-state index contributed by atoms with van der Waals surface area (Å²) >= 11 is 0. The van der Waals surface area contributed by atoms with Crippen LogP contribution < -0.4 is 5.32 Å². The SMILES string of the molecule is CNC1c2ccccc2CCC1n1nc(C)cc1C. The second kappa shape index (κ2) is 4.82. The molecule has 0 saturated heterocycles. The number of rotatable bonds is 2. The predicted octanol–water partition coefficient (Wildman–Crippen LogP) is 2.95. The van der Waals surface area contributed by atoms with Crippen LogP contribution in [0.15, 0.2) is 30.3 Å². The van der Waals surface area contributed by atoms with Gasteiger partial charge in [-0.25, -0.2) is 0 Å². The highest BCUT2D eigenvalue weighted by atomic mass is 15.3. The Hall–Kier alpha value is -1.61. The molecule has 0 fully saturated rings. The predicted molar refractivity (Wildman–Crippen MR) is 77.3 cm³/mol. The van der Waals surface area contributed by atoms with Crippen molar-refractivity contribution in [1.82, 2.24) is 15.1 Å². The molecule has 2 atom stereocenters. The smallest absolute Gasteiger partial charge is 0.0720 e. The number of benzene rings is 1. The standard InChI is InChI=1S/C16H21N3/c1-11-10-12(2)19(18-11)15-9-8-13-6-4-5-7-14(13)16(15)17-3/h4-7,10,15-17H,8-9H2,1-3H3. The summed E-state index contributed by atoms with van der Waals surface area (Å²) in [6, 6.07) is 11.7. The summed E-state index contributed by atoms with van der Waals surface area (Å²) in [5.74, 6) is 0. The number of hydrogen-bond donors (Lipinski definition) is 1. The summed E-state index contributed by atoms with van der Waals surface area (Å²) in [6.45, 7) is 4.21. The quantitative estimate of drug-likeness (QED) is 0.894. The van der Waals surface area contributed by atoms with Crippen molar-refractivity contribution < 1.29 is 0 Å². The molecule has 0 saturated carbocycles. The summed E-state index contributed by atoms with van der Waals surface area (Å²) in [6.07, 6.45) is 2.28. The fourth-order valence-electron chi connectivity index (χ4n) is 3.34. The third kappa shape index (κ3) is 2.08. The normalized spacial score (nSPS) is 22.3. The van der Waals surface area contributed by atoms with E-state index in [0.29, 0.717) is 12.1 Å². The van der Waals surface area contributed by atoms with E-state index in [1.54, 1.807) is 0 Å². The number of nitrogens with zero attached hydrogens (tertiary/aromatic N) is 2. The van der Waals surface area contributed by atoms with Crippen LogP contribution in [0.2, 0.25) is 0 Å². The molecule has 0 amide bonds. The lowest BCUT2D eigenvalue weighted by Crippen LogP contribution is -2.33. The van der Waals surface area contributed by atoms with E-state index >= 15 is 0 Å². The molecule has 0 radical (unpaired) electrons. The molecule has 100 valence electrons. The third-order valence-electron chi connectivity index (χ3n) is 4.15. The molecule has 19 heavy (non-hydrogen) atoms. The van der Waals surface area contributed by atoms with Crippen molar-refractivity contribution in [2.75, 3.05) is 7.05 Å². The first-order valence-electron chi connectivity index (χ1n) is 6.98. The molecule has 2 unspecified atom stereocenters. The van der Waals surface area contributed by atoms with Crippen LogP contribution in [-0.4, -0.2) is 16.8 Å². The number of fused-ring (bicyclic) bond motifs is 1. The van der Waals surface area contributed by atoms with Gasteiger partial charge in [0.2, 0.25) is 0 Å². The lowest BCUT2D eigenvalue weighted by molar-refractivity contribution is 0.304. The van der Waals surface area contributed by atoms with Crippen molar-refractivity contribution in [3.63, 3.8) is 0 Å². The Morgan fingerprint density at radius 1 is 1.26 bits per heavy atom. The number of aryl methyl sites for hydroxylation is 3. The van der Waals surface area contributed by atoms with E-state index in [1.165, 1.54) is 16.8 Å². The summed E-state index contributed by atoms with van der Waals surface area (Å²) in [4.78, 5) is 0. The van der Waals surface area contributed by atoms with Crippen LogP contribution in [-0.2, 0) is 6.42 Å². The van der Waals surface area contributed by atoms with E-state index in [-0.39, 0.29) is 0 Å². The maximum absolute atomic E-state index is 4.68. The van der Waals surface area contributed by atoms with Crippen LogP contribution in [0.25, 0.3) is 0 Å². The molecule has 1 aromatic carbocycles. The Kier molecular flexibility index (Phi) is 3.15. The first-order valence-corrected chi connectivity index (χ1v) is 6.98. The van der Waals surface area contributed by atoms with Crippen molar-refractivity contribution in [2.24, 2.45) is 0 Å². The minimum Gasteiger partial charge on any atom is -0.311 e. The average Bonchev–Trinajstić information content (AvgIpc) is 2.76. The summed E-state index contributed by atoms with van der Waals surface area (Å²) in [5, 5.41) is 8.17. The lowest BCUT2D eigenvalue weighted by atomic mass is 9.84. The topological polar surface area (TPSA) is 29.9 Å². The van der Waals surface area contributed by atoms with Gasteiger partial charge in [-0.1, -0.05) is 24.3 Å². The highest BCUT2D eigenvalue weighted by Crippen LogP contribution is 2.37. The van der Waals surface area contributed by atoms with Crippen LogP contribution in [0.4, 0.5) is 0 Å². The molecule has 3 heteroatoms. The highest BCUT2D eigenvalue weighted by Gasteiger charge is 2.30. The molecule has 0 bridgehead atoms. The van der Waals surface area contributed by atoms with Gasteiger partial charge in [0.05, 0.1) is 17.8 Å². The monoisotopic (exact) mass is 255 g/mol. The summed E-state index contributed by atoms with van der Waals surface area (Å²) < 4.78 is 2.20. The van der Waals surface area contributed by atoms with Crippen LogP contribution in [0.5, 0.6) is 0 Å². The zero-order valence-electron chi connectivity index (χ0n) is 11.9. The van der Waals surface area contributed by atoms with Gasteiger partial charge in [-0.2, -0.15) is 5.10 Å². The van der Waals surface area contributed by atoms with Crippen molar-refractivity contribution in [3.8, 4) is 0 Å². The van der Waals surface area contributed by atoms with E-state index in [4.69, 9.17) is 0 Å². The Morgan fingerprint density at radius 3 is 2.74 bits per heavy atom. The van der Waals surface area contributed by atoms with E-state index in [0.717, 1.165) is 18.5 Å². The molecule has 0 aliphatic heterocycles. The van der Waals surface area contributed by atoms with Crippen LogP contribution in [0.1, 0.15) is 41.0 Å². The van der Waals surface area contributed by atoms with Gasteiger partial charge in [0.1, 0.15) is 0 Å². The largest absolute Gasteiger partial charge is 0.311 e. The van der Waals surface area contributed by atoms with Crippen LogP contribution in [0.3, 0.4) is 0 Å². The van der Waals surface area contributed by atoms with E-state index in [9.17, 15) is 0 Å². The van der Waals surface area contributed by atoms with Crippen molar-refractivity contribution in [2.45, 2.75) is 38.8 Å². The highest BCUT2D eigenvalue weighted by molar-refractivity contribution is 5.33. The van der Waals surface area contributed by atoms with Gasteiger partial charge in [0, 0.05) is 5.69 Å². The molecule has 1 aliphatic rings. The number of hydrogen-bond acceptors (Lipinski definition) is 2. The Balaban J connectivity index is 2.03. The Morgan fingerprint density at radius 2 is 2.05 bits per heavy atom. The first-order chi connectivity index (χ1) is 9.20. The molecular formula is C16H21N3. The molecule has 2 aromatic rings. The average molecular weight is 255 g/mol. The second-order valence-corrected chi connectivity index (χ2v) is 5.44. The zero-order valence-corrected chi connectivity index (χ0v) is 11.9. The van der Waals surface area contributed by atoms with Gasteiger partial charge in [0.25, 0.3) is 0 Å². The fraction of sp³-hybridized carbons (Fsp3) is 0.438. The maximum atomic E-state index is 4.68. The molecule has 3 nitrogen and oxygen atoms in total. The molecule has 1 heterocycles. The first kappa shape index (κ1) is 12.4. The summed E-state index contributed by atoms with van der Waals surface area (Å²) in [5.41, 5.74) is 5.25. The van der Waals surface area contributed by atoms with Gasteiger partial charge in [0.15, 0.2) is 0 Å². The number of nitrogens with one attached hydrogen (secondary N) is 1. The third-order valence-corrected chi connectivity index (χ3v) is 4.15. The molecule has 1 N–H and O–H groups in total. The van der Waals surface area contributed by atoms with Gasteiger partial charge in [-0.3, -0.25) is 4.68 Å². The second-order valence-electron chi connectivity index (χ2n) is 5.44. The maximum Gasteiger partial charge on any atom is 0.0720 e. The van der Waals surface area contributed by atoms with Gasteiger partial charge in [-0.15, -0.1) is 0 Å².